The number of carbonyl (C=O) groups excluding carboxylic acids is 1. The van der Waals surface area contributed by atoms with E-state index in [4.69, 9.17) is 27.9 Å². The van der Waals surface area contributed by atoms with Crippen molar-refractivity contribution < 1.29 is 28.5 Å². The highest BCUT2D eigenvalue weighted by Crippen LogP contribution is 2.51. The van der Waals surface area contributed by atoms with Gasteiger partial charge in [0.05, 0.1) is 35.1 Å². The van der Waals surface area contributed by atoms with Gasteiger partial charge in [-0.15, -0.1) is 0 Å². The van der Waals surface area contributed by atoms with Gasteiger partial charge >= 0.3 is 0 Å². The summed E-state index contributed by atoms with van der Waals surface area (Å²) in [6, 6.07) is 9.04. The van der Waals surface area contributed by atoms with Gasteiger partial charge in [0.15, 0.2) is 0 Å². The predicted molar refractivity (Wildman–Crippen MR) is 169 cm³/mol. The number of carbonyl (C=O) groups is 1. The Kier molecular flexibility index (Phi) is 8.88. The van der Waals surface area contributed by atoms with E-state index in [0.717, 1.165) is 6.07 Å². The van der Waals surface area contributed by atoms with Crippen LogP contribution in [0.2, 0.25) is 10.0 Å². The molecule has 1 saturated heterocycles. The Balaban J connectivity index is 1.53. The first-order valence-corrected chi connectivity index (χ1v) is 16.2. The maximum absolute atomic E-state index is 16.9. The van der Waals surface area contributed by atoms with E-state index in [0.29, 0.717) is 41.5 Å². The van der Waals surface area contributed by atoms with E-state index >= 15 is 8.78 Å². The van der Waals surface area contributed by atoms with Crippen LogP contribution in [0, 0.1) is 11.7 Å². The normalized spacial score (nSPS) is 25.7. The number of ether oxygens (including phenoxy) is 1. The van der Waals surface area contributed by atoms with Crippen LogP contribution in [0.1, 0.15) is 71.9 Å². The molecular weight excluding hydrogens is 637 g/mol. The second kappa shape index (κ2) is 12.5. The third-order valence-corrected chi connectivity index (χ3v) is 10.2. The third kappa shape index (κ3) is 5.58. The molecule has 0 radical (unpaired) electrons. The van der Waals surface area contributed by atoms with Crippen molar-refractivity contribution in [2.75, 3.05) is 20.1 Å². The molecule has 1 unspecified atom stereocenters. The van der Waals surface area contributed by atoms with E-state index in [1.165, 1.54) is 29.6 Å². The molecular formula is C34H36Cl2F2N4O4. The van der Waals surface area contributed by atoms with Gasteiger partial charge in [-0.1, -0.05) is 42.3 Å². The lowest BCUT2D eigenvalue weighted by Gasteiger charge is -2.46. The molecule has 1 saturated carbocycles. The molecule has 3 heterocycles. The van der Waals surface area contributed by atoms with Crippen molar-refractivity contribution in [1.29, 1.82) is 0 Å². The first kappa shape index (κ1) is 32.8. The number of hydrogen-bond donors (Lipinski definition) is 2. The number of alkyl halides is 1. The maximum atomic E-state index is 16.9. The molecule has 6 rings (SSSR count). The summed E-state index contributed by atoms with van der Waals surface area (Å²) >= 11 is 12.3. The number of hydrogen-bond acceptors (Lipinski definition) is 7. The van der Waals surface area contributed by atoms with E-state index in [1.54, 1.807) is 37.3 Å². The molecule has 2 fully saturated rings. The van der Waals surface area contributed by atoms with Gasteiger partial charge in [-0.25, -0.2) is 18.7 Å². The van der Waals surface area contributed by atoms with Crippen LogP contribution in [-0.2, 0) is 22.6 Å². The highest BCUT2D eigenvalue weighted by molar-refractivity contribution is 6.30. The molecule has 3 aliphatic rings. The van der Waals surface area contributed by atoms with Crippen LogP contribution in [0.3, 0.4) is 0 Å². The third-order valence-electron chi connectivity index (χ3n) is 9.74. The van der Waals surface area contributed by atoms with Crippen molar-refractivity contribution in [3.63, 3.8) is 0 Å². The molecule has 2 atom stereocenters. The number of halogens is 4. The van der Waals surface area contributed by atoms with Crippen LogP contribution in [0.5, 0.6) is 0 Å². The zero-order valence-corrected chi connectivity index (χ0v) is 27.1. The van der Waals surface area contributed by atoms with Crippen molar-refractivity contribution in [2.45, 2.75) is 68.7 Å². The summed E-state index contributed by atoms with van der Waals surface area (Å²) in [4.78, 5) is 26.3. The average Bonchev–Trinajstić information content (AvgIpc) is 3.26. The summed E-state index contributed by atoms with van der Waals surface area (Å²) in [6.07, 6.45) is 6.78. The fraction of sp³-hybridized carbons (Fsp3) is 0.441. The van der Waals surface area contributed by atoms with Gasteiger partial charge in [0.2, 0.25) is 5.72 Å². The summed E-state index contributed by atoms with van der Waals surface area (Å²) in [7, 11) is 1.88. The van der Waals surface area contributed by atoms with Crippen molar-refractivity contribution >= 4 is 29.1 Å². The fourth-order valence-corrected chi connectivity index (χ4v) is 7.12. The molecule has 2 N–H and O–H groups in total. The van der Waals surface area contributed by atoms with Gasteiger partial charge in [-0.05, 0) is 81.0 Å². The van der Waals surface area contributed by atoms with Gasteiger partial charge in [-0.3, -0.25) is 9.69 Å². The number of aromatic nitrogens is 2. The lowest BCUT2D eigenvalue weighted by molar-refractivity contribution is -0.136. The average molecular weight is 674 g/mol. The van der Waals surface area contributed by atoms with Crippen LogP contribution in [0.4, 0.5) is 8.78 Å². The summed E-state index contributed by atoms with van der Waals surface area (Å²) < 4.78 is 40.0. The molecule has 1 amide bonds. The summed E-state index contributed by atoms with van der Waals surface area (Å²) in [5, 5.41) is 22.5. The minimum Gasteiger partial charge on any atom is -0.467 e. The minimum atomic E-state index is -2.05. The second-order valence-electron chi connectivity index (χ2n) is 12.6. The van der Waals surface area contributed by atoms with E-state index in [2.05, 4.69) is 9.97 Å². The zero-order chi connectivity index (χ0) is 32.9. The Morgan fingerprint density at radius 2 is 1.76 bits per heavy atom. The number of likely N-dealkylation sites (tertiary alicyclic amines) is 1. The number of aliphatic hydroxyl groups excluding tert-OH is 1. The Morgan fingerprint density at radius 1 is 1.11 bits per heavy atom. The summed E-state index contributed by atoms with van der Waals surface area (Å²) in [5.74, 6) is -1.19. The van der Waals surface area contributed by atoms with Crippen LogP contribution < -0.4 is 0 Å². The highest BCUT2D eigenvalue weighted by Gasteiger charge is 2.58. The standard InChI is InChI=1S/C34H36Cl2F2N4O4/c1-3-33(45,32(38)9-11-41(2)12-10-32)23-16-27-30(28(37)17-23)34(22-4-6-24(35)7-5-22,46-13-8-21-14-26(43)15-21)42(31(27)44)20-29-39-18-25(36)19-40-29/h4-8,13,16-19,21,26,43,45H,3,9-12,14-15,20H2,1-2H3/b13-8+/t21?,26?,33?,34-/m1/s1. The first-order chi connectivity index (χ1) is 21.9. The number of allylic oxidation sites excluding steroid dienone is 1. The molecule has 1 aromatic heterocycles. The second-order valence-corrected chi connectivity index (χ2v) is 13.4. The molecule has 46 heavy (non-hydrogen) atoms. The SMILES string of the molecule is CCC(O)(c1cc(F)c2c(c1)C(=O)N(Cc1ncc(Cl)cn1)[C@@]2(O/C=C/C1CC(O)C1)c1ccc(Cl)cc1)C1(F)CCN(C)CC1. The van der Waals surface area contributed by atoms with Crippen molar-refractivity contribution in [3.05, 3.63) is 105 Å². The molecule has 8 nitrogen and oxygen atoms in total. The highest BCUT2D eigenvalue weighted by atomic mass is 35.5. The van der Waals surface area contributed by atoms with Gasteiger partial charge in [-0.2, -0.15) is 0 Å². The minimum absolute atomic E-state index is 0.0137. The van der Waals surface area contributed by atoms with Crippen molar-refractivity contribution in [1.82, 2.24) is 19.8 Å². The lowest BCUT2D eigenvalue weighted by Crippen LogP contribution is -2.54. The maximum Gasteiger partial charge on any atom is 0.258 e. The lowest BCUT2D eigenvalue weighted by atomic mass is 9.71. The molecule has 2 aliphatic heterocycles. The number of rotatable bonds is 9. The molecule has 3 aromatic rings. The van der Waals surface area contributed by atoms with Crippen molar-refractivity contribution in [2.24, 2.45) is 5.92 Å². The fourth-order valence-electron chi connectivity index (χ4n) is 6.90. The van der Waals surface area contributed by atoms with E-state index in [-0.39, 0.29) is 54.2 Å². The summed E-state index contributed by atoms with van der Waals surface area (Å²) in [6.45, 7) is 2.31. The van der Waals surface area contributed by atoms with Crippen molar-refractivity contribution in [3.8, 4) is 0 Å². The Labute approximate surface area is 276 Å². The zero-order valence-electron chi connectivity index (χ0n) is 25.6. The topological polar surface area (TPSA) is 99.0 Å². The van der Waals surface area contributed by atoms with Gasteiger partial charge in [0, 0.05) is 36.1 Å². The quantitative estimate of drug-likeness (QED) is 0.265. The first-order valence-electron chi connectivity index (χ1n) is 15.4. The van der Waals surface area contributed by atoms with Crippen LogP contribution >= 0.6 is 23.2 Å². The number of amides is 1. The monoisotopic (exact) mass is 672 g/mol. The molecule has 2 aromatic carbocycles. The van der Waals surface area contributed by atoms with Gasteiger partial charge in [0.1, 0.15) is 22.9 Å². The Bertz CT molecular complexity index is 1630. The van der Waals surface area contributed by atoms with Crippen LogP contribution in [0.25, 0.3) is 0 Å². The number of nitrogens with zero attached hydrogens (tertiary/aromatic N) is 4. The summed E-state index contributed by atoms with van der Waals surface area (Å²) in [5.41, 5.74) is -5.72. The number of piperidine rings is 1. The van der Waals surface area contributed by atoms with E-state index in [1.807, 2.05) is 11.9 Å². The molecule has 12 heteroatoms. The van der Waals surface area contributed by atoms with E-state index < -0.39 is 34.8 Å². The Hall–Kier alpha value is -3.15. The largest absolute Gasteiger partial charge is 0.467 e. The molecule has 244 valence electrons. The van der Waals surface area contributed by atoms with Crippen LogP contribution in [-0.4, -0.2) is 67.8 Å². The number of aliphatic hydroxyl groups is 2. The molecule has 1 aliphatic carbocycles. The predicted octanol–water partition coefficient (Wildman–Crippen LogP) is 6.11. The smallest absolute Gasteiger partial charge is 0.258 e. The van der Waals surface area contributed by atoms with Crippen LogP contribution in [0.15, 0.2) is 61.1 Å². The van der Waals surface area contributed by atoms with Gasteiger partial charge < -0.3 is 19.8 Å². The molecule has 0 bridgehead atoms. The van der Waals surface area contributed by atoms with Gasteiger partial charge in [0.25, 0.3) is 5.91 Å². The van der Waals surface area contributed by atoms with E-state index in [9.17, 15) is 15.0 Å². The molecule has 0 spiro atoms. The number of benzene rings is 2. The number of fused-ring (bicyclic) bond motifs is 1. The Morgan fingerprint density at radius 3 is 2.37 bits per heavy atom.